The molecule has 1 amide bonds. The van der Waals surface area contributed by atoms with Crippen LogP contribution in [0.3, 0.4) is 0 Å². The van der Waals surface area contributed by atoms with Gasteiger partial charge in [0.05, 0.1) is 19.2 Å². The molecule has 0 saturated heterocycles. The van der Waals surface area contributed by atoms with E-state index in [2.05, 4.69) is 15.1 Å². The van der Waals surface area contributed by atoms with Crippen LogP contribution in [0, 0.1) is 12.5 Å². The van der Waals surface area contributed by atoms with Crippen molar-refractivity contribution >= 4 is 28.6 Å². The van der Waals surface area contributed by atoms with Gasteiger partial charge in [0, 0.05) is 24.3 Å². The van der Waals surface area contributed by atoms with E-state index < -0.39 is 42.1 Å². The fourth-order valence-electron chi connectivity index (χ4n) is 3.46. The van der Waals surface area contributed by atoms with Crippen molar-refractivity contribution in [3.8, 4) is 5.75 Å². The van der Waals surface area contributed by atoms with Crippen LogP contribution < -0.4 is 10.1 Å². The number of benzene rings is 1. The summed E-state index contributed by atoms with van der Waals surface area (Å²) in [5.74, 6) is -10.5. The van der Waals surface area contributed by atoms with E-state index in [1.54, 1.807) is 10.6 Å². The van der Waals surface area contributed by atoms with Crippen LogP contribution >= 0.6 is 0 Å². The topological polar surface area (TPSA) is 60.5 Å². The second-order valence-corrected chi connectivity index (χ2v) is 8.05. The van der Waals surface area contributed by atoms with Crippen LogP contribution in [0.25, 0.3) is 15.9 Å². The predicted molar refractivity (Wildman–Crippen MR) is 98.8 cm³/mol. The number of amides is 1. The maximum Gasteiger partial charge on any atom is 0.313 e. The molecule has 1 fully saturated rings. The first kappa shape index (κ1) is 20.9. The number of hydrogen-bond acceptors (Lipinski definition) is 3. The number of nitrogens with one attached hydrogen (secondary N) is 1. The van der Waals surface area contributed by atoms with Crippen LogP contribution in [0.5, 0.6) is 5.75 Å². The number of hydrogen-bond donors (Lipinski definition) is 1. The maximum atomic E-state index is 13.5. The third-order valence-electron chi connectivity index (χ3n) is 4.92. The molecule has 0 bridgehead atoms. The molecule has 1 unspecified atom stereocenters. The first-order valence-electron chi connectivity index (χ1n) is 8.85. The Balaban J connectivity index is 1.97. The Kier molecular flexibility index (Phi) is 4.76. The minimum atomic E-state index is -4.21. The number of imidazole rings is 1. The van der Waals surface area contributed by atoms with Crippen molar-refractivity contribution in [1.82, 2.24) is 9.55 Å². The van der Waals surface area contributed by atoms with Crippen LogP contribution in [0.2, 0.25) is 0 Å². The molecule has 1 aromatic carbocycles. The molecule has 1 N–H and O–H groups in total. The van der Waals surface area contributed by atoms with Gasteiger partial charge in [-0.15, -0.1) is 0 Å². The molecule has 156 valence electrons. The number of nitrogens with zero attached hydrogens (tertiary/aromatic N) is 3. The molecule has 1 heterocycles. The summed E-state index contributed by atoms with van der Waals surface area (Å²) in [6.45, 7) is 12.8. The van der Waals surface area contributed by atoms with E-state index in [-0.39, 0.29) is 5.95 Å². The van der Waals surface area contributed by atoms with E-state index in [1.165, 1.54) is 13.2 Å². The van der Waals surface area contributed by atoms with Crippen LogP contribution in [-0.2, 0) is 10.3 Å². The van der Waals surface area contributed by atoms with Gasteiger partial charge >= 0.3 is 11.8 Å². The van der Waals surface area contributed by atoms with Crippen molar-refractivity contribution in [2.45, 2.75) is 51.0 Å². The van der Waals surface area contributed by atoms with E-state index >= 15 is 0 Å². The second-order valence-electron chi connectivity index (χ2n) is 8.05. The molecular weight excluding hydrogens is 392 g/mol. The van der Waals surface area contributed by atoms with Crippen molar-refractivity contribution < 1.29 is 27.1 Å². The number of ether oxygens (including phenoxy) is 1. The Morgan fingerprint density at radius 2 is 2.03 bits per heavy atom. The van der Waals surface area contributed by atoms with E-state index in [0.717, 1.165) is 0 Å². The van der Waals surface area contributed by atoms with Gasteiger partial charge < -0.3 is 9.30 Å². The van der Waals surface area contributed by atoms with Gasteiger partial charge in [-0.05, 0) is 32.9 Å². The average molecular weight is 412 g/mol. The molecule has 1 aromatic heterocycles. The van der Waals surface area contributed by atoms with E-state index in [0.29, 0.717) is 22.5 Å². The summed E-state index contributed by atoms with van der Waals surface area (Å²) in [4.78, 5) is 20.1. The molecule has 3 rings (SSSR count). The van der Waals surface area contributed by atoms with Gasteiger partial charge in [0.2, 0.25) is 11.9 Å². The molecule has 1 atom stereocenters. The average Bonchev–Trinajstić information content (AvgIpc) is 2.97. The highest BCUT2D eigenvalue weighted by Gasteiger charge is 2.71. The summed E-state index contributed by atoms with van der Waals surface area (Å²) in [6.07, 6.45) is -1.79. The number of fused-ring (bicyclic) bond motifs is 1. The number of carbonyl (C=O) groups is 1. The predicted octanol–water partition coefficient (Wildman–Crippen LogP) is 4.97. The largest absolute Gasteiger partial charge is 0.496 e. The molecule has 1 saturated carbocycles. The smallest absolute Gasteiger partial charge is 0.313 e. The lowest BCUT2D eigenvalue weighted by atomic mass is 9.74. The molecule has 0 aliphatic heterocycles. The Morgan fingerprint density at radius 3 is 2.52 bits per heavy atom. The van der Waals surface area contributed by atoms with Gasteiger partial charge in [-0.2, -0.15) is 17.6 Å². The Hall–Kier alpha value is -2.83. The minimum absolute atomic E-state index is 0.0623. The zero-order valence-electron chi connectivity index (χ0n) is 16.3. The lowest BCUT2D eigenvalue weighted by molar-refractivity contribution is -0.313. The highest BCUT2D eigenvalue weighted by molar-refractivity contribution is 5.94. The zero-order chi connectivity index (χ0) is 21.8. The monoisotopic (exact) mass is 412 g/mol. The maximum absolute atomic E-state index is 13.5. The molecule has 1 aliphatic carbocycles. The second kappa shape index (κ2) is 6.61. The molecule has 0 spiro atoms. The standard InChI is InChI=1S/C19H20F4N4O2/c1-17(2,3)27-12-7-11(24-4)8-13(29-5)15(12)26-16(27)25-14(28)6-10-9-18(20,21)19(10,22)23/h7-8,10H,6,9H2,1-3,5H3,(H,25,26,28). The Labute approximate surface area is 164 Å². The quantitative estimate of drug-likeness (QED) is 0.570. The number of methoxy groups -OCH3 is 1. The number of halogens is 4. The van der Waals surface area contributed by atoms with E-state index in [4.69, 9.17) is 11.3 Å². The van der Waals surface area contributed by atoms with Crippen molar-refractivity contribution in [3.05, 3.63) is 23.5 Å². The van der Waals surface area contributed by atoms with Crippen molar-refractivity contribution in [3.63, 3.8) is 0 Å². The summed E-state index contributed by atoms with van der Waals surface area (Å²) in [5, 5.41) is 2.46. The zero-order valence-corrected chi connectivity index (χ0v) is 16.3. The normalized spacial score (nSPS) is 20.0. The first-order chi connectivity index (χ1) is 13.3. The van der Waals surface area contributed by atoms with Gasteiger partial charge in [0.1, 0.15) is 11.3 Å². The fourth-order valence-corrected chi connectivity index (χ4v) is 3.46. The highest BCUT2D eigenvalue weighted by Crippen LogP contribution is 2.56. The Morgan fingerprint density at radius 1 is 1.38 bits per heavy atom. The molecular formula is C19H20F4N4O2. The number of anilines is 1. The lowest BCUT2D eigenvalue weighted by Gasteiger charge is -2.43. The van der Waals surface area contributed by atoms with Gasteiger partial charge in [-0.1, -0.05) is 0 Å². The van der Waals surface area contributed by atoms with Gasteiger partial charge in [0.25, 0.3) is 0 Å². The van der Waals surface area contributed by atoms with Gasteiger partial charge in [-0.3, -0.25) is 10.1 Å². The molecule has 1 aliphatic rings. The highest BCUT2D eigenvalue weighted by atomic mass is 19.3. The van der Waals surface area contributed by atoms with Crippen molar-refractivity contribution in [1.29, 1.82) is 0 Å². The van der Waals surface area contributed by atoms with E-state index in [9.17, 15) is 22.4 Å². The minimum Gasteiger partial charge on any atom is -0.496 e. The lowest BCUT2D eigenvalue weighted by Crippen LogP contribution is -2.59. The Bertz CT molecular complexity index is 1020. The molecule has 29 heavy (non-hydrogen) atoms. The van der Waals surface area contributed by atoms with Crippen molar-refractivity contribution in [2.75, 3.05) is 12.4 Å². The molecule has 2 aromatic rings. The summed E-state index contributed by atoms with van der Waals surface area (Å²) in [6, 6.07) is 3.08. The molecule has 6 nitrogen and oxygen atoms in total. The summed E-state index contributed by atoms with van der Waals surface area (Å²) < 4.78 is 60.0. The summed E-state index contributed by atoms with van der Waals surface area (Å²) in [7, 11) is 1.41. The summed E-state index contributed by atoms with van der Waals surface area (Å²) in [5.41, 5.74) is 0.592. The van der Waals surface area contributed by atoms with Crippen LogP contribution in [-0.4, -0.2) is 34.4 Å². The number of rotatable bonds is 4. The van der Waals surface area contributed by atoms with Gasteiger partial charge in [0.15, 0.2) is 5.69 Å². The molecule has 0 radical (unpaired) electrons. The number of aromatic nitrogens is 2. The summed E-state index contributed by atoms with van der Waals surface area (Å²) >= 11 is 0. The fraction of sp³-hybridized carbons (Fsp3) is 0.526. The van der Waals surface area contributed by atoms with Crippen LogP contribution in [0.1, 0.15) is 33.6 Å². The van der Waals surface area contributed by atoms with Crippen LogP contribution in [0.15, 0.2) is 12.1 Å². The van der Waals surface area contributed by atoms with Crippen molar-refractivity contribution in [2.24, 2.45) is 5.92 Å². The number of carbonyl (C=O) groups excluding carboxylic acids is 1. The molecule has 10 heteroatoms. The van der Waals surface area contributed by atoms with Gasteiger partial charge in [-0.25, -0.2) is 9.83 Å². The third-order valence-corrected chi connectivity index (χ3v) is 4.92. The first-order valence-corrected chi connectivity index (χ1v) is 8.85. The van der Waals surface area contributed by atoms with Crippen LogP contribution in [0.4, 0.5) is 29.2 Å². The van der Waals surface area contributed by atoms with E-state index in [1.807, 2.05) is 20.8 Å². The number of alkyl halides is 4. The SMILES string of the molecule is [C-]#[N+]c1cc(OC)c2nc(NC(=O)CC3CC(F)(F)C3(F)F)n(C(C)(C)C)c2c1. The third kappa shape index (κ3) is 3.39.